The van der Waals surface area contributed by atoms with E-state index >= 15 is 0 Å². The highest BCUT2D eigenvalue weighted by molar-refractivity contribution is 7.92. The normalized spacial score (nSPS) is 23.1. The first-order valence-corrected chi connectivity index (χ1v) is 8.24. The number of hydrogen-bond donors (Lipinski definition) is 3. The van der Waals surface area contributed by atoms with Crippen molar-refractivity contribution in [3.63, 3.8) is 0 Å². The molecule has 0 aromatic carbocycles. The van der Waals surface area contributed by atoms with Crippen LogP contribution in [0.5, 0.6) is 0 Å². The number of sulfone groups is 1. The minimum absolute atomic E-state index is 0.0185. The molecule has 1 aliphatic rings. The van der Waals surface area contributed by atoms with E-state index in [2.05, 4.69) is 10.6 Å². The standard InChI is InChI=1S/C12H22N2O5S/c1-12(2,3)9(10(15)16)14-11(17)13-7-8-5-4-6-20(8,18)19/h8-9H,4-7H2,1-3H3,(H,15,16)(H2,13,14,17). The molecular formula is C12H22N2O5S. The summed E-state index contributed by atoms with van der Waals surface area (Å²) in [4.78, 5) is 22.8. The molecule has 0 aromatic heterocycles. The van der Waals surface area contributed by atoms with Crippen LogP contribution >= 0.6 is 0 Å². The second kappa shape index (κ2) is 5.99. The van der Waals surface area contributed by atoms with Crippen LogP contribution in [0.25, 0.3) is 0 Å². The topological polar surface area (TPSA) is 113 Å². The molecule has 0 aliphatic carbocycles. The van der Waals surface area contributed by atoms with Crippen LogP contribution in [-0.4, -0.2) is 49.1 Å². The highest BCUT2D eigenvalue weighted by Crippen LogP contribution is 2.20. The van der Waals surface area contributed by atoms with Crippen molar-refractivity contribution in [3.8, 4) is 0 Å². The molecule has 1 rings (SSSR count). The molecule has 2 unspecified atom stereocenters. The van der Waals surface area contributed by atoms with E-state index in [9.17, 15) is 18.0 Å². The van der Waals surface area contributed by atoms with Gasteiger partial charge in [0, 0.05) is 6.54 Å². The van der Waals surface area contributed by atoms with Crippen LogP contribution in [0.3, 0.4) is 0 Å². The third-order valence-electron chi connectivity index (χ3n) is 3.34. The van der Waals surface area contributed by atoms with Crippen LogP contribution in [-0.2, 0) is 14.6 Å². The molecule has 2 amide bonds. The van der Waals surface area contributed by atoms with Gasteiger partial charge in [-0.25, -0.2) is 18.0 Å². The van der Waals surface area contributed by atoms with Gasteiger partial charge in [-0.1, -0.05) is 20.8 Å². The average Bonchev–Trinajstić information content (AvgIpc) is 2.60. The number of carbonyl (C=O) groups excluding carboxylic acids is 1. The number of carbonyl (C=O) groups is 2. The average molecular weight is 306 g/mol. The van der Waals surface area contributed by atoms with E-state index in [4.69, 9.17) is 5.11 Å². The summed E-state index contributed by atoms with van der Waals surface area (Å²) in [6, 6.07) is -1.70. The van der Waals surface area contributed by atoms with Crippen molar-refractivity contribution >= 4 is 21.8 Å². The predicted molar refractivity (Wildman–Crippen MR) is 74.2 cm³/mol. The summed E-state index contributed by atoms with van der Waals surface area (Å²) in [7, 11) is -3.11. The van der Waals surface area contributed by atoms with Crippen LogP contribution in [0.2, 0.25) is 0 Å². The van der Waals surface area contributed by atoms with Crippen molar-refractivity contribution < 1.29 is 23.1 Å². The van der Waals surface area contributed by atoms with Gasteiger partial charge in [0.15, 0.2) is 9.84 Å². The summed E-state index contributed by atoms with van der Waals surface area (Å²) in [5, 5.41) is 13.3. The van der Waals surface area contributed by atoms with Gasteiger partial charge in [0.25, 0.3) is 0 Å². The van der Waals surface area contributed by atoms with Crippen molar-refractivity contribution in [1.29, 1.82) is 0 Å². The fourth-order valence-electron chi connectivity index (χ4n) is 2.12. The summed E-state index contributed by atoms with van der Waals surface area (Å²) in [6.45, 7) is 5.12. The Balaban J connectivity index is 2.53. The first-order chi connectivity index (χ1) is 9.04. The predicted octanol–water partition coefficient (Wildman–Crippen LogP) is 0.362. The van der Waals surface area contributed by atoms with Gasteiger partial charge in [-0.15, -0.1) is 0 Å². The molecule has 8 heteroatoms. The molecule has 0 radical (unpaired) electrons. The number of amides is 2. The monoisotopic (exact) mass is 306 g/mol. The van der Waals surface area contributed by atoms with Crippen molar-refractivity contribution in [2.24, 2.45) is 5.41 Å². The van der Waals surface area contributed by atoms with Crippen molar-refractivity contribution in [2.45, 2.75) is 44.9 Å². The molecule has 1 fully saturated rings. The second-order valence-corrected chi connectivity index (χ2v) is 8.52. The summed E-state index contributed by atoms with van der Waals surface area (Å²) < 4.78 is 23.2. The lowest BCUT2D eigenvalue weighted by molar-refractivity contribution is -0.141. The molecule has 2 atom stereocenters. The zero-order valence-corrected chi connectivity index (χ0v) is 12.8. The molecule has 116 valence electrons. The SMILES string of the molecule is CC(C)(C)C(NC(=O)NCC1CCCS1(=O)=O)C(=O)O. The molecule has 20 heavy (non-hydrogen) atoms. The Morgan fingerprint density at radius 3 is 2.35 bits per heavy atom. The van der Waals surface area contributed by atoms with Crippen molar-refractivity contribution in [1.82, 2.24) is 10.6 Å². The fourth-order valence-corrected chi connectivity index (χ4v) is 3.89. The van der Waals surface area contributed by atoms with Crippen LogP contribution in [0.1, 0.15) is 33.6 Å². The molecule has 0 saturated carbocycles. The highest BCUT2D eigenvalue weighted by Gasteiger charge is 2.34. The smallest absolute Gasteiger partial charge is 0.326 e. The molecule has 1 aliphatic heterocycles. The minimum atomic E-state index is -3.11. The first-order valence-electron chi connectivity index (χ1n) is 6.53. The van der Waals surface area contributed by atoms with E-state index in [0.29, 0.717) is 12.8 Å². The molecule has 0 aromatic rings. The molecule has 1 heterocycles. The molecule has 1 saturated heterocycles. The zero-order chi connectivity index (χ0) is 15.6. The van der Waals surface area contributed by atoms with Gasteiger partial charge in [-0.05, 0) is 18.3 Å². The highest BCUT2D eigenvalue weighted by atomic mass is 32.2. The molecule has 3 N–H and O–H groups in total. The Labute approximate surface area is 119 Å². The van der Waals surface area contributed by atoms with Gasteiger partial charge >= 0.3 is 12.0 Å². The molecule has 0 bridgehead atoms. The third kappa shape index (κ3) is 4.36. The fraction of sp³-hybridized carbons (Fsp3) is 0.833. The Kier molecular flexibility index (Phi) is 5.01. The number of hydrogen-bond acceptors (Lipinski definition) is 4. The summed E-state index contributed by atoms with van der Waals surface area (Å²) in [5.41, 5.74) is -0.636. The van der Waals surface area contributed by atoms with Crippen LogP contribution in [0.15, 0.2) is 0 Å². The number of rotatable bonds is 4. The molecular weight excluding hydrogens is 284 g/mol. The maximum absolute atomic E-state index is 11.7. The number of nitrogens with one attached hydrogen (secondary N) is 2. The van der Waals surface area contributed by atoms with Gasteiger partial charge in [0.05, 0.1) is 11.0 Å². The summed E-state index contributed by atoms with van der Waals surface area (Å²) in [5.74, 6) is -0.970. The number of urea groups is 1. The van der Waals surface area contributed by atoms with Crippen molar-refractivity contribution in [2.75, 3.05) is 12.3 Å². The van der Waals surface area contributed by atoms with Gasteiger partial charge in [-0.3, -0.25) is 0 Å². The second-order valence-electron chi connectivity index (χ2n) is 6.12. The van der Waals surface area contributed by atoms with Crippen LogP contribution in [0.4, 0.5) is 4.79 Å². The van der Waals surface area contributed by atoms with E-state index in [1.807, 2.05) is 0 Å². The Bertz CT molecular complexity index is 481. The summed E-state index contributed by atoms with van der Waals surface area (Å²) in [6.07, 6.45) is 1.14. The molecule has 7 nitrogen and oxygen atoms in total. The van der Waals surface area contributed by atoms with Crippen molar-refractivity contribution in [3.05, 3.63) is 0 Å². The first kappa shape index (κ1) is 16.7. The zero-order valence-electron chi connectivity index (χ0n) is 12.0. The maximum Gasteiger partial charge on any atom is 0.326 e. The van der Waals surface area contributed by atoms with E-state index in [1.165, 1.54) is 0 Å². The van der Waals surface area contributed by atoms with E-state index in [-0.39, 0.29) is 12.3 Å². The Hall–Kier alpha value is -1.31. The van der Waals surface area contributed by atoms with Crippen LogP contribution < -0.4 is 10.6 Å². The lowest BCUT2D eigenvalue weighted by atomic mass is 9.87. The van der Waals surface area contributed by atoms with Gasteiger partial charge in [0.1, 0.15) is 6.04 Å². The van der Waals surface area contributed by atoms with Gasteiger partial charge < -0.3 is 15.7 Å². The Morgan fingerprint density at radius 2 is 1.95 bits per heavy atom. The van der Waals surface area contributed by atoms with E-state index in [0.717, 1.165) is 0 Å². The number of carboxylic acid groups (broad SMARTS) is 1. The third-order valence-corrected chi connectivity index (χ3v) is 5.62. The lowest BCUT2D eigenvalue weighted by Gasteiger charge is -2.27. The largest absolute Gasteiger partial charge is 0.480 e. The Morgan fingerprint density at radius 1 is 1.35 bits per heavy atom. The number of aliphatic carboxylic acids is 1. The quantitative estimate of drug-likeness (QED) is 0.694. The van der Waals surface area contributed by atoms with Gasteiger partial charge in [-0.2, -0.15) is 0 Å². The maximum atomic E-state index is 11.7. The lowest BCUT2D eigenvalue weighted by Crippen LogP contribution is -2.53. The van der Waals surface area contributed by atoms with Gasteiger partial charge in [0.2, 0.25) is 0 Å². The van der Waals surface area contributed by atoms with E-state index in [1.54, 1.807) is 20.8 Å². The number of carboxylic acids is 1. The van der Waals surface area contributed by atoms with E-state index < -0.39 is 38.5 Å². The minimum Gasteiger partial charge on any atom is -0.480 e. The van der Waals surface area contributed by atoms with Crippen LogP contribution in [0, 0.1) is 5.41 Å². The molecule has 0 spiro atoms. The summed E-state index contributed by atoms with van der Waals surface area (Å²) >= 11 is 0.